The Balaban J connectivity index is 1.61. The first-order chi connectivity index (χ1) is 15.8. The van der Waals surface area contributed by atoms with Crippen LogP contribution in [0.3, 0.4) is 0 Å². The summed E-state index contributed by atoms with van der Waals surface area (Å²) in [6.07, 6.45) is -0.336. The maximum atomic E-state index is 12.9. The molecule has 9 nitrogen and oxygen atoms in total. The molecule has 1 fully saturated rings. The molecule has 1 aliphatic rings. The van der Waals surface area contributed by atoms with E-state index in [1.54, 1.807) is 31.2 Å². The van der Waals surface area contributed by atoms with Gasteiger partial charge in [-0.25, -0.2) is 9.69 Å². The summed E-state index contributed by atoms with van der Waals surface area (Å²) in [4.78, 5) is 61.3. The molecule has 2 aromatic rings. The number of rotatable bonds is 9. The molecule has 2 aromatic carbocycles. The summed E-state index contributed by atoms with van der Waals surface area (Å²) in [6.45, 7) is 1.96. The number of thioether (sulfide) groups is 1. The van der Waals surface area contributed by atoms with Gasteiger partial charge in [0.15, 0.2) is 0 Å². The van der Waals surface area contributed by atoms with Gasteiger partial charge in [-0.1, -0.05) is 0 Å². The number of esters is 1. The van der Waals surface area contributed by atoms with Crippen LogP contribution in [-0.2, 0) is 23.9 Å². The number of carbonyl (C=O) groups is 5. The minimum Gasteiger partial charge on any atom is -0.481 e. The van der Waals surface area contributed by atoms with Crippen molar-refractivity contribution in [2.45, 2.75) is 36.3 Å². The molecule has 0 aliphatic carbocycles. The van der Waals surface area contributed by atoms with Crippen molar-refractivity contribution in [3.63, 3.8) is 0 Å². The van der Waals surface area contributed by atoms with Gasteiger partial charge in [0.25, 0.3) is 0 Å². The Morgan fingerprint density at radius 1 is 1.06 bits per heavy atom. The van der Waals surface area contributed by atoms with Crippen LogP contribution in [0.25, 0.3) is 0 Å². The zero-order valence-electron chi connectivity index (χ0n) is 17.8. The molecule has 1 heterocycles. The number of aliphatic carboxylic acids is 1. The van der Waals surface area contributed by atoms with E-state index in [2.05, 4.69) is 5.32 Å². The molecular weight excluding hydrogens is 448 g/mol. The van der Waals surface area contributed by atoms with Crippen molar-refractivity contribution < 1.29 is 33.8 Å². The number of carboxylic acid groups (broad SMARTS) is 1. The normalized spacial score (nSPS) is 15.4. The number of nitrogens with zero attached hydrogens (tertiary/aromatic N) is 1. The van der Waals surface area contributed by atoms with E-state index in [1.165, 1.54) is 36.0 Å². The third-order valence-corrected chi connectivity index (χ3v) is 5.92. The Morgan fingerprint density at radius 3 is 2.33 bits per heavy atom. The van der Waals surface area contributed by atoms with Crippen LogP contribution in [-0.4, -0.2) is 46.6 Å². The van der Waals surface area contributed by atoms with Gasteiger partial charge in [-0.15, -0.1) is 11.8 Å². The van der Waals surface area contributed by atoms with Crippen LogP contribution in [0, 0.1) is 0 Å². The van der Waals surface area contributed by atoms with Crippen molar-refractivity contribution in [1.82, 2.24) is 0 Å². The standard InChI is InChI=1S/C23H22N2O7S/c1-2-32-23(31)14-3-7-16(8-4-14)25-20(27)13-18(22(25)30)33-17-9-5-15(6-10-17)24-19(26)11-12-21(28)29/h3-10,18H,2,11-13H2,1H3,(H,24,26)(H,28,29)/t18-/m0/s1. The average Bonchev–Trinajstić information content (AvgIpc) is 3.06. The Bertz CT molecular complexity index is 1070. The van der Waals surface area contributed by atoms with E-state index >= 15 is 0 Å². The molecule has 0 unspecified atom stereocenters. The molecule has 3 amide bonds. The summed E-state index contributed by atoms with van der Waals surface area (Å²) in [7, 11) is 0. The molecule has 1 saturated heterocycles. The summed E-state index contributed by atoms with van der Waals surface area (Å²) in [5.41, 5.74) is 1.23. The Labute approximate surface area is 194 Å². The summed E-state index contributed by atoms with van der Waals surface area (Å²) < 4.78 is 4.93. The molecule has 0 radical (unpaired) electrons. The van der Waals surface area contributed by atoms with E-state index < -0.39 is 23.1 Å². The van der Waals surface area contributed by atoms with E-state index in [9.17, 15) is 24.0 Å². The maximum Gasteiger partial charge on any atom is 0.338 e. The molecule has 0 saturated carbocycles. The van der Waals surface area contributed by atoms with Crippen LogP contribution in [0.1, 0.15) is 36.5 Å². The quantitative estimate of drug-likeness (QED) is 0.422. The second-order valence-corrected chi connectivity index (χ2v) is 8.39. The molecule has 0 aromatic heterocycles. The first-order valence-electron chi connectivity index (χ1n) is 10.2. The predicted octanol–water partition coefficient (Wildman–Crippen LogP) is 3.09. The highest BCUT2D eigenvalue weighted by Gasteiger charge is 2.40. The molecule has 0 spiro atoms. The van der Waals surface area contributed by atoms with Crippen molar-refractivity contribution in [2.24, 2.45) is 0 Å². The van der Waals surface area contributed by atoms with Gasteiger partial charge in [0.2, 0.25) is 17.7 Å². The highest BCUT2D eigenvalue weighted by Crippen LogP contribution is 2.34. The fourth-order valence-corrected chi connectivity index (χ4v) is 4.21. The lowest BCUT2D eigenvalue weighted by Crippen LogP contribution is -2.31. The minimum atomic E-state index is -1.04. The molecule has 3 rings (SSSR count). The van der Waals surface area contributed by atoms with Gasteiger partial charge in [-0.3, -0.25) is 19.2 Å². The highest BCUT2D eigenvalue weighted by atomic mass is 32.2. The molecule has 1 aliphatic heterocycles. The lowest BCUT2D eigenvalue weighted by atomic mass is 10.2. The van der Waals surface area contributed by atoms with Crippen molar-refractivity contribution in [2.75, 3.05) is 16.8 Å². The molecule has 10 heteroatoms. The topological polar surface area (TPSA) is 130 Å². The summed E-state index contributed by atoms with van der Waals surface area (Å²) in [5.74, 6) is -2.60. The molecule has 2 N–H and O–H groups in total. The molecule has 172 valence electrons. The van der Waals surface area contributed by atoms with Crippen molar-refractivity contribution in [3.8, 4) is 0 Å². The number of amides is 3. The van der Waals surface area contributed by atoms with Crippen LogP contribution >= 0.6 is 11.8 Å². The zero-order valence-corrected chi connectivity index (χ0v) is 18.6. The fraction of sp³-hybridized carbons (Fsp3) is 0.261. The van der Waals surface area contributed by atoms with Crippen molar-refractivity contribution in [1.29, 1.82) is 0 Å². The summed E-state index contributed by atoms with van der Waals surface area (Å²) in [5, 5.41) is 10.6. The first-order valence-corrected chi connectivity index (χ1v) is 11.1. The number of carbonyl (C=O) groups excluding carboxylic acids is 4. The van der Waals surface area contributed by atoms with Gasteiger partial charge in [0, 0.05) is 23.4 Å². The maximum absolute atomic E-state index is 12.9. The van der Waals surface area contributed by atoms with Gasteiger partial charge in [0.05, 0.1) is 29.5 Å². The van der Waals surface area contributed by atoms with Crippen LogP contribution in [0.5, 0.6) is 0 Å². The highest BCUT2D eigenvalue weighted by molar-refractivity contribution is 8.00. The van der Waals surface area contributed by atoms with E-state index in [-0.39, 0.29) is 37.7 Å². The predicted molar refractivity (Wildman–Crippen MR) is 121 cm³/mol. The fourth-order valence-electron chi connectivity index (χ4n) is 3.15. The van der Waals surface area contributed by atoms with Gasteiger partial charge in [-0.05, 0) is 55.5 Å². The second-order valence-electron chi connectivity index (χ2n) is 7.11. The Kier molecular flexibility index (Phi) is 7.83. The molecule has 33 heavy (non-hydrogen) atoms. The number of benzene rings is 2. The smallest absolute Gasteiger partial charge is 0.338 e. The van der Waals surface area contributed by atoms with Gasteiger partial charge < -0.3 is 15.2 Å². The third-order valence-electron chi connectivity index (χ3n) is 4.72. The van der Waals surface area contributed by atoms with E-state index in [0.717, 1.165) is 9.80 Å². The van der Waals surface area contributed by atoms with Crippen LogP contribution in [0.2, 0.25) is 0 Å². The van der Waals surface area contributed by atoms with E-state index in [4.69, 9.17) is 9.84 Å². The number of nitrogens with one attached hydrogen (secondary N) is 1. The number of anilines is 2. The monoisotopic (exact) mass is 470 g/mol. The number of ether oxygens (including phenoxy) is 1. The lowest BCUT2D eigenvalue weighted by molar-refractivity contribution is -0.138. The lowest BCUT2D eigenvalue weighted by Gasteiger charge is -2.15. The van der Waals surface area contributed by atoms with Crippen LogP contribution < -0.4 is 10.2 Å². The molecule has 0 bridgehead atoms. The van der Waals surface area contributed by atoms with Gasteiger partial charge >= 0.3 is 11.9 Å². The SMILES string of the molecule is CCOC(=O)c1ccc(N2C(=O)C[C@H](Sc3ccc(NC(=O)CCC(=O)O)cc3)C2=O)cc1. The largest absolute Gasteiger partial charge is 0.481 e. The second kappa shape index (κ2) is 10.8. The third kappa shape index (κ3) is 6.19. The molecule has 1 atom stereocenters. The minimum absolute atomic E-state index is 0.0385. The number of carboxylic acids is 1. The van der Waals surface area contributed by atoms with Gasteiger partial charge in [-0.2, -0.15) is 0 Å². The first kappa shape index (κ1) is 24.0. The van der Waals surface area contributed by atoms with Gasteiger partial charge in [0.1, 0.15) is 0 Å². The van der Waals surface area contributed by atoms with E-state index in [1.807, 2.05) is 0 Å². The van der Waals surface area contributed by atoms with Crippen LogP contribution in [0.15, 0.2) is 53.4 Å². The van der Waals surface area contributed by atoms with Crippen molar-refractivity contribution >= 4 is 52.8 Å². The van der Waals surface area contributed by atoms with E-state index in [0.29, 0.717) is 16.9 Å². The zero-order chi connectivity index (χ0) is 24.0. The van der Waals surface area contributed by atoms with Crippen LogP contribution in [0.4, 0.5) is 11.4 Å². The van der Waals surface area contributed by atoms with Crippen molar-refractivity contribution in [3.05, 3.63) is 54.1 Å². The summed E-state index contributed by atoms with van der Waals surface area (Å²) >= 11 is 1.24. The average molecular weight is 471 g/mol. The summed E-state index contributed by atoms with van der Waals surface area (Å²) in [6, 6.07) is 12.8. The molecular formula is C23H22N2O7S. The number of imide groups is 1. The Hall–Kier alpha value is -3.66. The number of hydrogen-bond donors (Lipinski definition) is 2. The Morgan fingerprint density at radius 2 is 1.73 bits per heavy atom. The number of hydrogen-bond acceptors (Lipinski definition) is 7.